The van der Waals surface area contributed by atoms with Crippen molar-refractivity contribution < 1.29 is 13.6 Å². The first-order chi connectivity index (χ1) is 6.58. The van der Waals surface area contributed by atoms with Crippen LogP contribution in [-0.2, 0) is 13.1 Å². The average Bonchev–Trinajstić information content (AvgIpc) is 2.47. The summed E-state index contributed by atoms with van der Waals surface area (Å²) in [5.41, 5.74) is 5.88. The quantitative estimate of drug-likeness (QED) is 0.672. The smallest absolute Gasteiger partial charge is 0.315 e. The third-order valence-electron chi connectivity index (χ3n) is 2.27. The average molecular weight is 198 g/mol. The lowest BCUT2D eigenvalue weighted by atomic mass is 10.1. The molecule has 74 valence electrons. The molecule has 0 fully saturated rings. The summed E-state index contributed by atoms with van der Waals surface area (Å²) in [7, 11) is 0. The highest BCUT2D eigenvalue weighted by molar-refractivity contribution is 5.73. The second kappa shape index (κ2) is 2.94. The zero-order valence-corrected chi connectivity index (χ0v) is 7.26. The van der Waals surface area contributed by atoms with Crippen LogP contribution in [0.5, 0.6) is 0 Å². The molecule has 14 heavy (non-hydrogen) atoms. The van der Waals surface area contributed by atoms with Gasteiger partial charge in [-0.25, -0.2) is 13.6 Å². The van der Waals surface area contributed by atoms with Crippen molar-refractivity contribution in [1.29, 1.82) is 0 Å². The number of hydrogen-bond donors (Lipinski definition) is 1. The second-order valence-electron chi connectivity index (χ2n) is 3.22. The van der Waals surface area contributed by atoms with Crippen LogP contribution in [0.4, 0.5) is 13.6 Å². The van der Waals surface area contributed by atoms with Gasteiger partial charge >= 0.3 is 6.03 Å². The van der Waals surface area contributed by atoms with E-state index < -0.39 is 17.7 Å². The van der Waals surface area contributed by atoms with Gasteiger partial charge in [0, 0.05) is 18.2 Å². The minimum absolute atomic E-state index is 0.122. The zero-order valence-electron chi connectivity index (χ0n) is 7.26. The Kier molecular flexibility index (Phi) is 1.87. The van der Waals surface area contributed by atoms with Gasteiger partial charge in [-0.15, -0.1) is 0 Å². The van der Waals surface area contributed by atoms with Crippen LogP contribution in [0.25, 0.3) is 0 Å². The van der Waals surface area contributed by atoms with E-state index in [4.69, 9.17) is 5.73 Å². The van der Waals surface area contributed by atoms with Gasteiger partial charge in [-0.05, 0) is 11.6 Å². The highest BCUT2D eigenvalue weighted by atomic mass is 19.1. The fourth-order valence-electron chi connectivity index (χ4n) is 1.58. The Morgan fingerprint density at radius 2 is 2.07 bits per heavy atom. The molecular formula is C9H8F2N2O. The van der Waals surface area contributed by atoms with Gasteiger partial charge in [0.25, 0.3) is 0 Å². The van der Waals surface area contributed by atoms with Crippen LogP contribution >= 0.6 is 0 Å². The van der Waals surface area contributed by atoms with Crippen molar-refractivity contribution in [3.05, 3.63) is 34.9 Å². The van der Waals surface area contributed by atoms with Gasteiger partial charge in [0.1, 0.15) is 11.6 Å². The number of nitrogens with zero attached hydrogens (tertiary/aromatic N) is 1. The van der Waals surface area contributed by atoms with E-state index in [0.29, 0.717) is 11.1 Å². The number of carbonyl (C=O) groups is 1. The van der Waals surface area contributed by atoms with Crippen molar-refractivity contribution in [2.45, 2.75) is 13.1 Å². The fourth-order valence-corrected chi connectivity index (χ4v) is 1.58. The maximum absolute atomic E-state index is 13.2. The van der Waals surface area contributed by atoms with Crippen LogP contribution in [0.2, 0.25) is 0 Å². The van der Waals surface area contributed by atoms with Gasteiger partial charge in [0.05, 0.1) is 6.54 Å². The molecule has 1 aliphatic heterocycles. The van der Waals surface area contributed by atoms with Gasteiger partial charge in [-0.2, -0.15) is 0 Å². The van der Waals surface area contributed by atoms with Crippen molar-refractivity contribution >= 4 is 6.03 Å². The SMILES string of the molecule is NC(=O)N1Cc2cc(F)cc(F)c2C1. The largest absolute Gasteiger partial charge is 0.351 e. The van der Waals surface area contributed by atoms with E-state index in [1.54, 1.807) is 0 Å². The Hall–Kier alpha value is -1.65. The number of nitrogens with two attached hydrogens (primary N) is 1. The first kappa shape index (κ1) is 8.93. The van der Waals surface area contributed by atoms with Crippen molar-refractivity contribution in [3.63, 3.8) is 0 Å². The molecule has 3 nitrogen and oxygen atoms in total. The van der Waals surface area contributed by atoms with Crippen LogP contribution in [0, 0.1) is 11.6 Å². The van der Waals surface area contributed by atoms with Crippen LogP contribution in [-0.4, -0.2) is 10.9 Å². The molecule has 1 aromatic carbocycles. The summed E-state index contributed by atoms with van der Waals surface area (Å²) >= 11 is 0. The summed E-state index contributed by atoms with van der Waals surface area (Å²) in [5.74, 6) is -1.25. The Morgan fingerprint density at radius 1 is 1.36 bits per heavy atom. The number of carbonyl (C=O) groups excluding carboxylic acids is 1. The molecule has 0 aromatic heterocycles. The van der Waals surface area contributed by atoms with Gasteiger partial charge in [-0.3, -0.25) is 0 Å². The summed E-state index contributed by atoms with van der Waals surface area (Å²) in [6.45, 7) is 0.302. The summed E-state index contributed by atoms with van der Waals surface area (Å²) in [6.07, 6.45) is 0. The minimum atomic E-state index is -0.632. The van der Waals surface area contributed by atoms with E-state index in [2.05, 4.69) is 0 Å². The molecule has 0 radical (unpaired) electrons. The van der Waals surface area contributed by atoms with E-state index in [0.717, 1.165) is 6.07 Å². The molecule has 2 amide bonds. The molecule has 0 saturated heterocycles. The number of primary amides is 1. The zero-order chi connectivity index (χ0) is 10.3. The Bertz CT molecular complexity index is 406. The number of amides is 2. The second-order valence-corrected chi connectivity index (χ2v) is 3.22. The van der Waals surface area contributed by atoms with Crippen molar-refractivity contribution in [1.82, 2.24) is 4.90 Å². The third kappa shape index (κ3) is 1.30. The molecule has 0 spiro atoms. The Balaban J connectivity index is 2.39. The van der Waals surface area contributed by atoms with Crippen LogP contribution in [0.1, 0.15) is 11.1 Å². The lowest BCUT2D eigenvalue weighted by Crippen LogP contribution is -2.30. The molecular weight excluding hydrogens is 190 g/mol. The number of benzene rings is 1. The molecule has 1 aliphatic rings. The van der Waals surface area contributed by atoms with Crippen molar-refractivity contribution in [2.75, 3.05) is 0 Å². The molecule has 0 saturated carbocycles. The summed E-state index contributed by atoms with van der Waals surface area (Å²) in [4.78, 5) is 12.1. The highest BCUT2D eigenvalue weighted by Gasteiger charge is 2.24. The fraction of sp³-hybridized carbons (Fsp3) is 0.222. The monoisotopic (exact) mass is 198 g/mol. The van der Waals surface area contributed by atoms with Gasteiger partial charge in [0.15, 0.2) is 0 Å². The molecule has 0 unspecified atom stereocenters. The predicted molar refractivity (Wildman–Crippen MR) is 45.2 cm³/mol. The molecule has 1 heterocycles. The predicted octanol–water partition coefficient (Wildman–Crippen LogP) is 1.36. The number of urea groups is 1. The lowest BCUT2D eigenvalue weighted by Gasteiger charge is -2.10. The summed E-state index contributed by atoms with van der Waals surface area (Å²) in [5, 5.41) is 0. The normalized spacial score (nSPS) is 14.3. The number of fused-ring (bicyclic) bond motifs is 1. The number of halogens is 2. The van der Waals surface area contributed by atoms with Crippen LogP contribution < -0.4 is 5.73 Å². The number of hydrogen-bond acceptors (Lipinski definition) is 1. The topological polar surface area (TPSA) is 46.3 Å². The van der Waals surface area contributed by atoms with E-state index in [9.17, 15) is 13.6 Å². The van der Waals surface area contributed by atoms with Gasteiger partial charge < -0.3 is 10.6 Å². The molecule has 1 aromatic rings. The Morgan fingerprint density at radius 3 is 2.71 bits per heavy atom. The van der Waals surface area contributed by atoms with E-state index in [-0.39, 0.29) is 13.1 Å². The highest BCUT2D eigenvalue weighted by Crippen LogP contribution is 2.25. The molecule has 2 rings (SSSR count). The summed E-state index contributed by atoms with van der Waals surface area (Å²) in [6, 6.07) is 1.41. The number of rotatable bonds is 0. The van der Waals surface area contributed by atoms with Crippen molar-refractivity contribution in [3.8, 4) is 0 Å². The summed E-state index contributed by atoms with van der Waals surface area (Å²) < 4.78 is 25.9. The van der Waals surface area contributed by atoms with Gasteiger partial charge in [0.2, 0.25) is 0 Å². The maximum atomic E-state index is 13.2. The first-order valence-corrected chi connectivity index (χ1v) is 4.09. The van der Waals surface area contributed by atoms with Crippen molar-refractivity contribution in [2.24, 2.45) is 5.73 Å². The van der Waals surface area contributed by atoms with Crippen LogP contribution in [0.3, 0.4) is 0 Å². The lowest BCUT2D eigenvalue weighted by molar-refractivity contribution is 0.208. The van der Waals surface area contributed by atoms with E-state index in [1.165, 1.54) is 11.0 Å². The van der Waals surface area contributed by atoms with E-state index in [1.807, 2.05) is 0 Å². The molecule has 0 bridgehead atoms. The molecule has 5 heteroatoms. The van der Waals surface area contributed by atoms with Crippen LogP contribution in [0.15, 0.2) is 12.1 Å². The first-order valence-electron chi connectivity index (χ1n) is 4.09. The molecule has 0 atom stereocenters. The third-order valence-corrected chi connectivity index (χ3v) is 2.27. The van der Waals surface area contributed by atoms with Gasteiger partial charge in [-0.1, -0.05) is 0 Å². The maximum Gasteiger partial charge on any atom is 0.315 e. The standard InChI is InChI=1S/C9H8F2N2O/c10-6-1-5-3-13(9(12)14)4-7(5)8(11)2-6/h1-2H,3-4H2,(H2,12,14). The Labute approximate surface area is 79.1 Å². The minimum Gasteiger partial charge on any atom is -0.351 e. The van der Waals surface area contributed by atoms with E-state index >= 15 is 0 Å². The molecule has 0 aliphatic carbocycles. The molecule has 2 N–H and O–H groups in total.